The van der Waals surface area contributed by atoms with Gasteiger partial charge in [0.05, 0.1) is 22.7 Å². The summed E-state index contributed by atoms with van der Waals surface area (Å²) in [7, 11) is 0. The predicted octanol–water partition coefficient (Wildman–Crippen LogP) is 0.897. The highest BCUT2D eigenvalue weighted by Gasteiger charge is 2.19. The van der Waals surface area contributed by atoms with Crippen LogP contribution in [0, 0.1) is 6.92 Å². The number of carbonyl (C=O) groups is 1. The summed E-state index contributed by atoms with van der Waals surface area (Å²) in [6.45, 7) is 5.94. The first-order valence-corrected chi connectivity index (χ1v) is 7.22. The van der Waals surface area contributed by atoms with Crippen LogP contribution in [0.5, 0.6) is 0 Å². The van der Waals surface area contributed by atoms with Crippen LogP contribution >= 0.6 is 11.3 Å². The number of carbonyl (C=O) groups excluding carboxylic acids is 1. The van der Waals surface area contributed by atoms with Crippen LogP contribution in [-0.2, 0) is 6.54 Å². The summed E-state index contributed by atoms with van der Waals surface area (Å²) in [5.74, 6) is -0.283. The molecule has 1 atom stereocenters. The van der Waals surface area contributed by atoms with Crippen molar-refractivity contribution < 1.29 is 9.90 Å². The number of nitrogens with zero attached hydrogens (tertiary/aromatic N) is 2. The van der Waals surface area contributed by atoms with Gasteiger partial charge in [0, 0.05) is 13.1 Å². The zero-order chi connectivity index (χ0) is 14.9. The van der Waals surface area contributed by atoms with Gasteiger partial charge in [0.15, 0.2) is 0 Å². The third-order valence-corrected chi connectivity index (χ3v) is 4.22. The molecule has 20 heavy (non-hydrogen) atoms. The van der Waals surface area contributed by atoms with E-state index in [0.717, 1.165) is 0 Å². The summed E-state index contributed by atoms with van der Waals surface area (Å²) < 4.78 is 1.51. The molecule has 0 aliphatic rings. The second-order valence-corrected chi connectivity index (χ2v) is 5.63. The van der Waals surface area contributed by atoms with Gasteiger partial charge in [0.2, 0.25) is 0 Å². The summed E-state index contributed by atoms with van der Waals surface area (Å²) >= 11 is 1.20. The number of amides is 1. The average molecular weight is 295 g/mol. The van der Waals surface area contributed by atoms with Crippen LogP contribution in [0.4, 0.5) is 0 Å². The lowest BCUT2D eigenvalue weighted by Gasteiger charge is -2.06. The molecule has 2 heterocycles. The van der Waals surface area contributed by atoms with Gasteiger partial charge in [0.25, 0.3) is 11.5 Å². The molecular weight excluding hydrogens is 278 g/mol. The zero-order valence-corrected chi connectivity index (χ0v) is 12.5. The van der Waals surface area contributed by atoms with Gasteiger partial charge in [-0.3, -0.25) is 14.2 Å². The van der Waals surface area contributed by atoms with Crippen LogP contribution in [0.2, 0.25) is 0 Å². The third kappa shape index (κ3) is 2.59. The molecule has 0 saturated heterocycles. The monoisotopic (exact) mass is 295 g/mol. The number of thiophene rings is 1. The summed E-state index contributed by atoms with van der Waals surface area (Å²) in [6.07, 6.45) is 0.891. The minimum atomic E-state index is -0.607. The van der Waals surface area contributed by atoms with E-state index in [4.69, 9.17) is 0 Å². The Morgan fingerprint density at radius 1 is 1.60 bits per heavy atom. The second kappa shape index (κ2) is 5.72. The third-order valence-electron chi connectivity index (χ3n) is 3.02. The standard InChI is InChI=1S/C13H17N3O3S/c1-4-16-6-15-12-9(13(16)19)8(3)10(20-12)11(18)14-5-7(2)17/h6-7,17H,4-5H2,1-3H3,(H,14,18). The van der Waals surface area contributed by atoms with E-state index in [2.05, 4.69) is 10.3 Å². The molecule has 0 saturated carbocycles. The molecule has 0 fully saturated rings. The van der Waals surface area contributed by atoms with Gasteiger partial charge >= 0.3 is 0 Å². The summed E-state index contributed by atoms with van der Waals surface area (Å²) in [5.41, 5.74) is 0.522. The van der Waals surface area contributed by atoms with Crippen molar-refractivity contribution in [3.05, 3.63) is 27.1 Å². The van der Waals surface area contributed by atoms with Crippen molar-refractivity contribution in [1.29, 1.82) is 0 Å². The van der Waals surface area contributed by atoms with E-state index in [1.54, 1.807) is 13.8 Å². The summed E-state index contributed by atoms with van der Waals surface area (Å²) in [6, 6.07) is 0. The van der Waals surface area contributed by atoms with Gasteiger partial charge in [-0.15, -0.1) is 11.3 Å². The van der Waals surface area contributed by atoms with E-state index in [9.17, 15) is 14.7 Å². The molecule has 108 valence electrons. The molecule has 2 aromatic heterocycles. The highest BCUT2D eigenvalue weighted by atomic mass is 32.1. The van der Waals surface area contributed by atoms with Crippen molar-refractivity contribution in [3.8, 4) is 0 Å². The number of fused-ring (bicyclic) bond motifs is 1. The molecule has 2 N–H and O–H groups in total. The highest BCUT2D eigenvalue weighted by molar-refractivity contribution is 7.20. The molecule has 0 spiro atoms. The Hall–Kier alpha value is -1.73. The fraction of sp³-hybridized carbons (Fsp3) is 0.462. The van der Waals surface area contributed by atoms with Gasteiger partial charge in [0.1, 0.15) is 4.83 Å². The first-order chi connectivity index (χ1) is 9.45. The van der Waals surface area contributed by atoms with Crippen LogP contribution in [0.3, 0.4) is 0 Å². The molecule has 2 rings (SSSR count). The lowest BCUT2D eigenvalue weighted by Crippen LogP contribution is -2.30. The number of aromatic nitrogens is 2. The molecule has 1 amide bonds. The normalized spacial score (nSPS) is 12.6. The van der Waals surface area contributed by atoms with Crippen molar-refractivity contribution in [2.45, 2.75) is 33.4 Å². The molecule has 1 unspecified atom stereocenters. The van der Waals surface area contributed by atoms with Gasteiger partial charge in [-0.2, -0.15) is 0 Å². The fourth-order valence-corrected chi connectivity index (χ4v) is 2.98. The topological polar surface area (TPSA) is 84.2 Å². The number of rotatable bonds is 4. The van der Waals surface area contributed by atoms with E-state index in [1.807, 2.05) is 6.92 Å². The lowest BCUT2D eigenvalue weighted by atomic mass is 10.2. The van der Waals surface area contributed by atoms with E-state index in [1.165, 1.54) is 22.2 Å². The van der Waals surface area contributed by atoms with Crippen molar-refractivity contribution in [2.75, 3.05) is 6.54 Å². The zero-order valence-electron chi connectivity index (χ0n) is 11.6. The maximum absolute atomic E-state index is 12.2. The molecule has 2 aromatic rings. The summed E-state index contributed by atoms with van der Waals surface area (Å²) in [4.78, 5) is 29.6. The van der Waals surface area contributed by atoms with E-state index >= 15 is 0 Å². The van der Waals surface area contributed by atoms with E-state index < -0.39 is 6.10 Å². The number of hydrogen-bond donors (Lipinski definition) is 2. The Balaban J connectivity index is 2.47. The molecule has 6 nitrogen and oxygen atoms in total. The van der Waals surface area contributed by atoms with Gasteiger partial charge in [-0.05, 0) is 26.3 Å². The summed E-state index contributed by atoms with van der Waals surface area (Å²) in [5, 5.41) is 12.3. The number of nitrogens with one attached hydrogen (secondary N) is 1. The maximum atomic E-state index is 12.2. The SMILES string of the molecule is CCn1cnc2sc(C(=O)NCC(C)O)c(C)c2c1=O. The number of aliphatic hydroxyl groups excluding tert-OH is 1. The van der Waals surface area contributed by atoms with Crippen LogP contribution in [0.25, 0.3) is 10.2 Å². The van der Waals surface area contributed by atoms with Crippen LogP contribution in [-0.4, -0.2) is 33.2 Å². The largest absolute Gasteiger partial charge is 0.392 e. The number of aryl methyl sites for hydroxylation is 2. The number of aliphatic hydroxyl groups is 1. The minimum absolute atomic E-state index is 0.124. The number of hydrogen-bond acceptors (Lipinski definition) is 5. The van der Waals surface area contributed by atoms with Crippen molar-refractivity contribution in [2.24, 2.45) is 0 Å². The minimum Gasteiger partial charge on any atom is -0.392 e. The predicted molar refractivity (Wildman–Crippen MR) is 78.3 cm³/mol. The maximum Gasteiger partial charge on any atom is 0.262 e. The highest BCUT2D eigenvalue weighted by Crippen LogP contribution is 2.26. The molecule has 0 aliphatic heterocycles. The van der Waals surface area contributed by atoms with Gasteiger partial charge in [-0.25, -0.2) is 4.98 Å². The van der Waals surface area contributed by atoms with Crippen molar-refractivity contribution in [3.63, 3.8) is 0 Å². The van der Waals surface area contributed by atoms with Gasteiger partial charge in [-0.1, -0.05) is 0 Å². The van der Waals surface area contributed by atoms with Crippen molar-refractivity contribution in [1.82, 2.24) is 14.9 Å². The van der Waals surface area contributed by atoms with E-state index in [-0.39, 0.29) is 18.0 Å². The van der Waals surface area contributed by atoms with E-state index in [0.29, 0.717) is 27.2 Å². The molecule has 0 bridgehead atoms. The average Bonchev–Trinajstić information content (AvgIpc) is 2.74. The second-order valence-electron chi connectivity index (χ2n) is 4.63. The van der Waals surface area contributed by atoms with Crippen LogP contribution in [0.15, 0.2) is 11.1 Å². The molecule has 0 aromatic carbocycles. The molecular formula is C13H17N3O3S. The van der Waals surface area contributed by atoms with Crippen LogP contribution < -0.4 is 10.9 Å². The molecule has 0 radical (unpaired) electrons. The fourth-order valence-electron chi connectivity index (χ4n) is 1.92. The quantitative estimate of drug-likeness (QED) is 0.877. The Morgan fingerprint density at radius 2 is 2.30 bits per heavy atom. The van der Waals surface area contributed by atoms with Gasteiger partial charge < -0.3 is 10.4 Å². The molecule has 0 aliphatic carbocycles. The van der Waals surface area contributed by atoms with Crippen LogP contribution in [0.1, 0.15) is 29.1 Å². The smallest absolute Gasteiger partial charge is 0.262 e. The first-order valence-electron chi connectivity index (χ1n) is 6.40. The Kier molecular flexibility index (Phi) is 4.20. The molecule has 7 heteroatoms. The first kappa shape index (κ1) is 14.7. The lowest BCUT2D eigenvalue weighted by molar-refractivity contribution is 0.0927. The Labute approximate surface area is 120 Å². The van der Waals surface area contributed by atoms with Crippen molar-refractivity contribution >= 4 is 27.5 Å². The Morgan fingerprint density at radius 3 is 2.90 bits per heavy atom. The Bertz CT molecular complexity index is 703.